The summed E-state index contributed by atoms with van der Waals surface area (Å²) in [4.78, 5) is 23.1. The first-order valence-electron chi connectivity index (χ1n) is 6.96. The number of hydrogen-bond acceptors (Lipinski definition) is 5. The summed E-state index contributed by atoms with van der Waals surface area (Å²) < 4.78 is 16.4. The van der Waals surface area contributed by atoms with Crippen molar-refractivity contribution in [1.82, 2.24) is 5.32 Å². The quantitative estimate of drug-likeness (QED) is 0.823. The summed E-state index contributed by atoms with van der Waals surface area (Å²) >= 11 is 3.37. The van der Waals surface area contributed by atoms with Crippen LogP contribution in [0.1, 0.15) is 38.8 Å². The number of hydrogen-bond donors (Lipinski definition) is 2. The first-order chi connectivity index (χ1) is 10.7. The van der Waals surface area contributed by atoms with Gasteiger partial charge in [-0.3, -0.25) is 4.79 Å². The van der Waals surface area contributed by atoms with E-state index in [-0.39, 0.29) is 13.2 Å². The zero-order valence-corrected chi connectivity index (χ0v) is 14.6. The minimum absolute atomic E-state index is 0.105. The molecule has 126 valence electrons. The largest absolute Gasteiger partial charge is 0.481 e. The number of amides is 1. The highest BCUT2D eigenvalue weighted by molar-refractivity contribution is 9.10. The molecule has 0 saturated carbocycles. The molecule has 23 heavy (non-hydrogen) atoms. The topological polar surface area (TPSA) is 94.1 Å². The van der Waals surface area contributed by atoms with Crippen LogP contribution < -0.4 is 14.8 Å². The zero-order valence-electron chi connectivity index (χ0n) is 13.0. The maximum atomic E-state index is 12.0. The van der Waals surface area contributed by atoms with Crippen LogP contribution in [0.5, 0.6) is 11.5 Å². The molecule has 2 N–H and O–H groups in total. The number of carboxylic acid groups (broad SMARTS) is 1. The maximum Gasteiger partial charge on any atom is 0.408 e. The number of benzene rings is 1. The molecule has 0 radical (unpaired) electrons. The highest BCUT2D eigenvalue weighted by Gasteiger charge is 2.26. The monoisotopic (exact) mass is 387 g/mol. The molecule has 0 spiro atoms. The Bertz CT molecular complexity index is 625. The van der Waals surface area contributed by atoms with Gasteiger partial charge in [-0.2, -0.15) is 0 Å². The lowest BCUT2D eigenvalue weighted by atomic mass is 10.0. The van der Waals surface area contributed by atoms with E-state index < -0.39 is 23.7 Å². The van der Waals surface area contributed by atoms with Crippen molar-refractivity contribution in [2.24, 2.45) is 0 Å². The van der Waals surface area contributed by atoms with Gasteiger partial charge < -0.3 is 24.6 Å². The number of carbonyl (C=O) groups excluding carboxylic acids is 1. The Kier molecular flexibility index (Phi) is 5.03. The first kappa shape index (κ1) is 17.4. The summed E-state index contributed by atoms with van der Waals surface area (Å²) in [5.41, 5.74) is -0.105. The second-order valence-electron chi connectivity index (χ2n) is 6.02. The molecular formula is C15H18BrNO6. The second kappa shape index (κ2) is 6.66. The molecule has 1 aromatic carbocycles. The third-order valence-electron chi connectivity index (χ3n) is 2.94. The van der Waals surface area contributed by atoms with E-state index in [9.17, 15) is 9.59 Å². The molecule has 1 aromatic rings. The van der Waals surface area contributed by atoms with E-state index in [4.69, 9.17) is 19.3 Å². The molecule has 0 fully saturated rings. The molecule has 0 saturated heterocycles. The molecule has 0 bridgehead atoms. The number of carbonyl (C=O) groups is 2. The maximum absolute atomic E-state index is 12.0. The lowest BCUT2D eigenvalue weighted by Gasteiger charge is -2.24. The molecule has 0 aliphatic carbocycles. The molecule has 2 rings (SSSR count). The van der Waals surface area contributed by atoms with Crippen molar-refractivity contribution < 1.29 is 28.9 Å². The Morgan fingerprint density at radius 1 is 1.35 bits per heavy atom. The van der Waals surface area contributed by atoms with E-state index in [2.05, 4.69) is 21.2 Å². The number of carboxylic acids is 1. The fraction of sp³-hybridized carbons (Fsp3) is 0.467. The van der Waals surface area contributed by atoms with Gasteiger partial charge in [-0.1, -0.05) is 15.9 Å². The van der Waals surface area contributed by atoms with Crippen molar-refractivity contribution in [3.8, 4) is 11.5 Å². The molecule has 0 aromatic heterocycles. The number of rotatable bonds is 4. The SMILES string of the molecule is CC(C)(C)OC(=O)N[C@H](CC(=O)O)c1cc2c(cc1Br)OCO2. The van der Waals surface area contributed by atoms with Crippen molar-refractivity contribution in [1.29, 1.82) is 0 Å². The Morgan fingerprint density at radius 2 is 1.96 bits per heavy atom. The van der Waals surface area contributed by atoms with Crippen LogP contribution in [0.4, 0.5) is 4.79 Å². The van der Waals surface area contributed by atoms with Gasteiger partial charge in [-0.05, 0) is 38.5 Å². The number of halogens is 1. The summed E-state index contributed by atoms with van der Waals surface area (Å²) in [5, 5.41) is 11.7. The lowest BCUT2D eigenvalue weighted by molar-refractivity contribution is -0.137. The predicted molar refractivity (Wildman–Crippen MR) is 84.6 cm³/mol. The van der Waals surface area contributed by atoms with Gasteiger partial charge in [0.25, 0.3) is 0 Å². The minimum atomic E-state index is -1.05. The van der Waals surface area contributed by atoms with Crippen LogP contribution in [0.3, 0.4) is 0 Å². The smallest absolute Gasteiger partial charge is 0.408 e. The van der Waals surface area contributed by atoms with Crippen LogP contribution in [0.2, 0.25) is 0 Å². The van der Waals surface area contributed by atoms with Crippen molar-refractivity contribution in [3.05, 3.63) is 22.2 Å². The molecule has 1 aliphatic heterocycles. The highest BCUT2D eigenvalue weighted by atomic mass is 79.9. The van der Waals surface area contributed by atoms with Crippen molar-refractivity contribution >= 4 is 28.0 Å². The van der Waals surface area contributed by atoms with Crippen molar-refractivity contribution in [3.63, 3.8) is 0 Å². The Morgan fingerprint density at radius 3 is 2.52 bits per heavy atom. The Balaban J connectivity index is 2.25. The molecule has 1 atom stereocenters. The van der Waals surface area contributed by atoms with Gasteiger partial charge in [0.1, 0.15) is 5.60 Å². The molecule has 8 heteroatoms. The molecule has 1 amide bonds. The van der Waals surface area contributed by atoms with Gasteiger partial charge in [0.05, 0.1) is 12.5 Å². The third-order valence-corrected chi connectivity index (χ3v) is 3.62. The fourth-order valence-corrected chi connectivity index (χ4v) is 2.66. The zero-order chi connectivity index (χ0) is 17.2. The van der Waals surface area contributed by atoms with Crippen LogP contribution in [-0.4, -0.2) is 29.6 Å². The summed E-state index contributed by atoms with van der Waals surface area (Å²) in [7, 11) is 0. The fourth-order valence-electron chi connectivity index (χ4n) is 2.06. The molecule has 1 aliphatic rings. The molecule has 1 heterocycles. The van der Waals surface area contributed by atoms with Crippen LogP contribution >= 0.6 is 15.9 Å². The van der Waals surface area contributed by atoms with Gasteiger partial charge in [-0.15, -0.1) is 0 Å². The molecular weight excluding hydrogens is 370 g/mol. The predicted octanol–water partition coefficient (Wildman–Crippen LogP) is 3.22. The van der Waals surface area contributed by atoms with Crippen LogP contribution in [0, 0.1) is 0 Å². The van der Waals surface area contributed by atoms with Gasteiger partial charge in [0.15, 0.2) is 11.5 Å². The molecule has 0 unspecified atom stereocenters. The van der Waals surface area contributed by atoms with Gasteiger partial charge in [-0.25, -0.2) is 4.79 Å². The Labute approximate surface area is 142 Å². The summed E-state index contributed by atoms with van der Waals surface area (Å²) in [6.07, 6.45) is -0.981. The standard InChI is InChI=1S/C15H18BrNO6/c1-15(2,3)23-14(20)17-10(6-13(18)19)8-4-11-12(5-9(8)16)22-7-21-11/h4-5,10H,6-7H2,1-3H3,(H,17,20)(H,18,19)/t10-/m1/s1. The third kappa shape index (κ3) is 4.75. The van der Waals surface area contributed by atoms with E-state index in [0.717, 1.165) is 0 Å². The lowest BCUT2D eigenvalue weighted by Crippen LogP contribution is -2.36. The Hall–Kier alpha value is -1.96. The number of fused-ring (bicyclic) bond motifs is 1. The van der Waals surface area contributed by atoms with E-state index in [1.54, 1.807) is 32.9 Å². The van der Waals surface area contributed by atoms with E-state index in [1.165, 1.54) is 0 Å². The number of alkyl carbamates (subject to hydrolysis) is 1. The van der Waals surface area contributed by atoms with Crippen molar-refractivity contribution in [2.45, 2.75) is 38.8 Å². The average Bonchev–Trinajstić information content (AvgIpc) is 2.80. The van der Waals surface area contributed by atoms with Crippen LogP contribution in [0.15, 0.2) is 16.6 Å². The number of ether oxygens (including phenoxy) is 3. The normalized spacial score (nSPS) is 14.3. The first-order valence-corrected chi connectivity index (χ1v) is 7.75. The van der Waals surface area contributed by atoms with Gasteiger partial charge >= 0.3 is 12.1 Å². The number of nitrogens with one attached hydrogen (secondary N) is 1. The van der Waals surface area contributed by atoms with Crippen molar-refractivity contribution in [2.75, 3.05) is 6.79 Å². The van der Waals surface area contributed by atoms with Crippen LogP contribution in [-0.2, 0) is 9.53 Å². The summed E-state index contributed by atoms with van der Waals surface area (Å²) in [6.45, 7) is 5.30. The minimum Gasteiger partial charge on any atom is -0.481 e. The van der Waals surface area contributed by atoms with Gasteiger partial charge in [0.2, 0.25) is 6.79 Å². The van der Waals surface area contributed by atoms with Gasteiger partial charge in [0, 0.05) is 4.47 Å². The average molecular weight is 388 g/mol. The molecule has 7 nitrogen and oxygen atoms in total. The summed E-state index contributed by atoms with van der Waals surface area (Å²) in [5.74, 6) is 0.0205. The number of aliphatic carboxylic acids is 1. The second-order valence-corrected chi connectivity index (χ2v) is 6.88. The van der Waals surface area contributed by atoms with Crippen LogP contribution in [0.25, 0.3) is 0 Å². The van der Waals surface area contributed by atoms with E-state index in [1.807, 2.05) is 0 Å². The highest BCUT2D eigenvalue weighted by Crippen LogP contribution is 2.39. The van der Waals surface area contributed by atoms with E-state index in [0.29, 0.717) is 21.5 Å². The summed E-state index contributed by atoms with van der Waals surface area (Å²) in [6, 6.07) is 2.56. The van der Waals surface area contributed by atoms with E-state index >= 15 is 0 Å².